The van der Waals surface area contributed by atoms with Gasteiger partial charge in [-0.25, -0.2) is 4.39 Å². The Morgan fingerprint density at radius 3 is 2.05 bits per heavy atom. The van der Waals surface area contributed by atoms with E-state index in [4.69, 9.17) is 4.18 Å². The van der Waals surface area contributed by atoms with E-state index in [-0.39, 0.29) is 17.2 Å². The molecule has 0 bridgehead atoms. The average molecular weight is 543 g/mol. The van der Waals surface area contributed by atoms with Crippen molar-refractivity contribution in [2.24, 2.45) is 7.05 Å². The number of fused-ring (bicyclic) bond motifs is 1. The average Bonchev–Trinajstić information content (AvgIpc) is 3.30. The van der Waals surface area contributed by atoms with Crippen molar-refractivity contribution in [2.45, 2.75) is 54.8 Å². The zero-order valence-electron chi connectivity index (χ0n) is 22.9. The summed E-state index contributed by atoms with van der Waals surface area (Å²) in [5.41, 5.74) is 2.74. The lowest BCUT2D eigenvalue weighted by Crippen LogP contribution is -2.30. The third kappa shape index (κ3) is 5.19. The maximum absolute atomic E-state index is 15.5. The highest BCUT2D eigenvalue weighted by atomic mass is 32.3. The number of halogens is 1. The molecule has 0 aliphatic heterocycles. The van der Waals surface area contributed by atoms with Crippen molar-refractivity contribution in [3.63, 3.8) is 0 Å². The Bertz CT molecular complexity index is 1540. The van der Waals surface area contributed by atoms with E-state index in [1.807, 2.05) is 72.4 Å². The fourth-order valence-electron chi connectivity index (χ4n) is 5.19. The molecule has 0 amide bonds. The number of aliphatic hydroxyl groups excluding tert-OH is 1. The van der Waals surface area contributed by atoms with Crippen LogP contribution in [-0.2, 0) is 26.5 Å². The summed E-state index contributed by atoms with van der Waals surface area (Å²) >= 11 is 0. The summed E-state index contributed by atoms with van der Waals surface area (Å²) < 4.78 is 24.3. The summed E-state index contributed by atoms with van der Waals surface area (Å²) in [5, 5.41) is 15.1. The lowest BCUT2D eigenvalue weighted by molar-refractivity contribution is 0.275. The minimum absolute atomic E-state index is 0.0856. The predicted molar refractivity (Wildman–Crippen MR) is 158 cm³/mol. The fourth-order valence-corrected chi connectivity index (χ4v) is 8.80. The maximum Gasteiger partial charge on any atom is 0.146 e. The highest BCUT2D eigenvalue weighted by Crippen LogP contribution is 2.71. The van der Waals surface area contributed by atoms with Gasteiger partial charge in [0, 0.05) is 27.3 Å². The van der Waals surface area contributed by atoms with Crippen molar-refractivity contribution in [1.29, 1.82) is 0 Å². The van der Waals surface area contributed by atoms with E-state index in [0.717, 1.165) is 39.3 Å². The quantitative estimate of drug-likeness (QED) is 0.216. The minimum Gasteiger partial charge on any atom is -0.439 e. The molecule has 5 aromatic rings. The topological polar surface area (TPSA) is 47.3 Å². The van der Waals surface area contributed by atoms with Crippen LogP contribution in [0, 0.1) is 5.82 Å². The second-order valence-corrected chi connectivity index (χ2v) is 14.2. The van der Waals surface area contributed by atoms with E-state index in [1.54, 1.807) is 6.07 Å². The zero-order valence-corrected chi connectivity index (χ0v) is 23.7. The van der Waals surface area contributed by atoms with Gasteiger partial charge in [0.1, 0.15) is 11.6 Å². The summed E-state index contributed by atoms with van der Waals surface area (Å²) in [5.74, 6) is 0.260. The van der Waals surface area contributed by atoms with Gasteiger partial charge in [0.15, 0.2) is 0 Å². The van der Waals surface area contributed by atoms with Gasteiger partial charge in [-0.1, -0.05) is 54.6 Å². The van der Waals surface area contributed by atoms with Crippen LogP contribution in [0.1, 0.15) is 37.7 Å². The van der Waals surface area contributed by atoms with Crippen LogP contribution in [0.5, 0.6) is 5.75 Å². The third-order valence-corrected chi connectivity index (χ3v) is 11.1. The van der Waals surface area contributed by atoms with Crippen LogP contribution in [0.3, 0.4) is 0 Å². The van der Waals surface area contributed by atoms with Crippen molar-refractivity contribution in [3.05, 3.63) is 120 Å². The monoisotopic (exact) mass is 542 g/mol. The first-order valence-corrected chi connectivity index (χ1v) is 14.7. The van der Waals surface area contributed by atoms with E-state index in [1.165, 1.54) is 6.07 Å². The minimum atomic E-state index is -2.13. The first-order chi connectivity index (χ1) is 18.7. The van der Waals surface area contributed by atoms with Gasteiger partial charge in [0.2, 0.25) is 0 Å². The molecule has 0 fully saturated rings. The Labute approximate surface area is 231 Å². The molecule has 1 heterocycles. The summed E-state index contributed by atoms with van der Waals surface area (Å²) in [6, 6.07) is 31.9. The second-order valence-electron chi connectivity index (χ2n) is 10.7. The molecule has 0 atom stereocenters. The lowest BCUT2D eigenvalue weighted by atomic mass is 10.0. The summed E-state index contributed by atoms with van der Waals surface area (Å²) in [4.78, 5) is 2.18. The number of nitrogens with zero attached hydrogens (tertiary/aromatic N) is 2. The molecule has 0 aliphatic rings. The molecule has 4 aromatic carbocycles. The van der Waals surface area contributed by atoms with Gasteiger partial charge in [-0.05, 0) is 97.3 Å². The molecule has 0 spiro atoms. The van der Waals surface area contributed by atoms with Crippen LogP contribution in [-0.4, -0.2) is 19.6 Å². The fraction of sp³-hybridized carbons (Fsp3) is 0.242. The van der Waals surface area contributed by atoms with Crippen LogP contribution < -0.4 is 4.18 Å². The first kappa shape index (κ1) is 27.0. The molecule has 0 unspecified atom stereocenters. The Morgan fingerprint density at radius 1 is 0.846 bits per heavy atom. The van der Waals surface area contributed by atoms with Crippen LogP contribution in [0.25, 0.3) is 10.8 Å². The Hall–Kier alpha value is -3.61. The van der Waals surface area contributed by atoms with E-state index >= 15 is 4.39 Å². The molecule has 39 heavy (non-hydrogen) atoms. The zero-order chi connectivity index (χ0) is 27.6. The van der Waals surface area contributed by atoms with E-state index in [9.17, 15) is 5.11 Å². The molecule has 0 saturated carbocycles. The van der Waals surface area contributed by atoms with E-state index in [2.05, 4.69) is 50.1 Å². The summed E-state index contributed by atoms with van der Waals surface area (Å²) in [6.45, 7) is 6.52. The molecule has 0 radical (unpaired) electrons. The van der Waals surface area contributed by atoms with Gasteiger partial charge < -0.3 is 9.29 Å². The molecule has 1 N–H and O–H groups in total. The molecule has 5 rings (SSSR count). The maximum atomic E-state index is 15.5. The predicted octanol–water partition coefficient (Wildman–Crippen LogP) is 8.01. The molecule has 4 nitrogen and oxygen atoms in total. The lowest BCUT2D eigenvalue weighted by Gasteiger charge is -2.50. The Kier molecular flexibility index (Phi) is 7.52. The van der Waals surface area contributed by atoms with Crippen LogP contribution >= 0.6 is 10.3 Å². The van der Waals surface area contributed by atoms with Gasteiger partial charge in [-0.3, -0.25) is 4.68 Å². The molecule has 202 valence electrons. The number of hydrogen-bond donors (Lipinski definition) is 1. The molecule has 6 heteroatoms. The van der Waals surface area contributed by atoms with Gasteiger partial charge in [0.25, 0.3) is 0 Å². The van der Waals surface area contributed by atoms with Crippen molar-refractivity contribution < 1.29 is 13.7 Å². The number of benzene rings is 4. The molecule has 1 aromatic heterocycles. The number of aliphatic hydroxyl groups is 1. The van der Waals surface area contributed by atoms with Crippen molar-refractivity contribution in [1.82, 2.24) is 9.78 Å². The molecule has 0 saturated heterocycles. The SMILES string of the molecule is Cn1nc(CO)cc1CCc1cc(OS(c2ccccc2)(c2ccccc2)C(C)(C)C)c2c(F)cccc2c1. The van der Waals surface area contributed by atoms with Gasteiger partial charge in [0.05, 0.1) is 17.7 Å². The third-order valence-electron chi connectivity index (χ3n) is 7.04. The van der Waals surface area contributed by atoms with Gasteiger partial charge >= 0.3 is 0 Å². The van der Waals surface area contributed by atoms with Crippen molar-refractivity contribution in [2.75, 3.05) is 0 Å². The number of hydrogen-bond acceptors (Lipinski definition) is 3. The summed E-state index contributed by atoms with van der Waals surface area (Å²) in [7, 11) is -0.242. The molecule has 0 aliphatic carbocycles. The standard InChI is InChI=1S/C33H35FN2O2S/c1-33(2,3)39(28-13-7-5-8-14-28,29-15-9-6-10-16-29)38-31-21-24(20-25-12-11-17-30(34)32(25)31)18-19-27-22-26(23-37)35-36(27)4/h5-17,20-22,37H,18-19,23H2,1-4H3. The highest BCUT2D eigenvalue weighted by Gasteiger charge is 2.43. The summed E-state index contributed by atoms with van der Waals surface area (Å²) in [6.07, 6.45) is 1.46. The van der Waals surface area contributed by atoms with Crippen molar-refractivity contribution >= 4 is 21.1 Å². The molecular weight excluding hydrogens is 507 g/mol. The Balaban J connectivity index is 1.67. The number of rotatable bonds is 8. The van der Waals surface area contributed by atoms with Crippen molar-refractivity contribution in [3.8, 4) is 5.75 Å². The van der Waals surface area contributed by atoms with E-state index in [0.29, 0.717) is 16.8 Å². The number of aromatic nitrogens is 2. The van der Waals surface area contributed by atoms with Crippen LogP contribution in [0.2, 0.25) is 0 Å². The van der Waals surface area contributed by atoms with Crippen LogP contribution in [0.4, 0.5) is 4.39 Å². The second kappa shape index (κ2) is 10.9. The first-order valence-electron chi connectivity index (χ1n) is 13.2. The largest absolute Gasteiger partial charge is 0.439 e. The number of aryl methyl sites for hydroxylation is 3. The normalized spacial score (nSPS) is 12.6. The highest BCUT2D eigenvalue weighted by molar-refractivity contribution is 8.31. The van der Waals surface area contributed by atoms with E-state index < -0.39 is 10.3 Å². The molecular formula is C33H35FN2O2S. The van der Waals surface area contributed by atoms with Gasteiger partial charge in [-0.15, -0.1) is 0 Å². The Morgan fingerprint density at radius 2 is 1.49 bits per heavy atom. The smallest absolute Gasteiger partial charge is 0.146 e. The van der Waals surface area contributed by atoms with Gasteiger partial charge in [-0.2, -0.15) is 5.10 Å². The van der Waals surface area contributed by atoms with Crippen LogP contribution in [0.15, 0.2) is 107 Å².